The first-order valence-electron chi connectivity index (χ1n) is 7.34. The van der Waals surface area contributed by atoms with Gasteiger partial charge in [0.2, 0.25) is 0 Å². The molecule has 2 aromatic carbocycles. The summed E-state index contributed by atoms with van der Waals surface area (Å²) >= 11 is 3.59. The lowest BCUT2D eigenvalue weighted by atomic mass is 10.1. The molecule has 0 aliphatic carbocycles. The summed E-state index contributed by atoms with van der Waals surface area (Å²) in [5.41, 5.74) is 4.40. The van der Waals surface area contributed by atoms with Gasteiger partial charge in [-0.15, -0.1) is 0 Å². The molecular formula is C18H21BrN2. The summed E-state index contributed by atoms with van der Waals surface area (Å²) in [5.74, 6) is 0. The van der Waals surface area contributed by atoms with Gasteiger partial charge in [0.05, 0.1) is 5.69 Å². The zero-order valence-electron chi connectivity index (χ0n) is 12.6. The van der Waals surface area contributed by atoms with Crippen molar-refractivity contribution < 1.29 is 0 Å². The van der Waals surface area contributed by atoms with E-state index in [9.17, 15) is 0 Å². The van der Waals surface area contributed by atoms with Crippen LogP contribution < -0.4 is 5.32 Å². The number of hydrogen-bond acceptors (Lipinski definition) is 2. The molecule has 21 heavy (non-hydrogen) atoms. The molecule has 2 nitrogen and oxygen atoms in total. The van der Waals surface area contributed by atoms with Crippen molar-refractivity contribution in [1.82, 2.24) is 0 Å². The summed E-state index contributed by atoms with van der Waals surface area (Å²) in [6.45, 7) is 5.27. The van der Waals surface area contributed by atoms with Crippen LogP contribution in [0.5, 0.6) is 0 Å². The van der Waals surface area contributed by atoms with E-state index >= 15 is 0 Å². The van der Waals surface area contributed by atoms with Gasteiger partial charge in [-0.05, 0) is 52.5 Å². The van der Waals surface area contributed by atoms with Crippen LogP contribution in [0.2, 0.25) is 0 Å². The van der Waals surface area contributed by atoms with E-state index in [1.807, 2.05) is 30.5 Å². The van der Waals surface area contributed by atoms with Gasteiger partial charge >= 0.3 is 0 Å². The van der Waals surface area contributed by atoms with Crippen LogP contribution in [-0.4, -0.2) is 12.8 Å². The summed E-state index contributed by atoms with van der Waals surface area (Å²) in [5, 5.41) is 3.46. The summed E-state index contributed by atoms with van der Waals surface area (Å²) < 4.78 is 1.01. The zero-order valence-corrected chi connectivity index (χ0v) is 14.2. The highest BCUT2D eigenvalue weighted by Gasteiger charge is 2.04. The fourth-order valence-electron chi connectivity index (χ4n) is 2.05. The third kappa shape index (κ3) is 4.43. The molecule has 1 N–H and O–H groups in total. The average molecular weight is 345 g/mol. The Morgan fingerprint density at radius 2 is 1.95 bits per heavy atom. The number of nitrogens with one attached hydrogen (secondary N) is 1. The molecule has 0 spiro atoms. The number of hydrogen-bond donors (Lipinski definition) is 1. The smallest absolute Gasteiger partial charge is 0.100 e. The number of halogens is 1. The number of benzene rings is 2. The van der Waals surface area contributed by atoms with Crippen molar-refractivity contribution in [1.29, 1.82) is 0 Å². The number of rotatable bonds is 6. The Morgan fingerprint density at radius 1 is 1.14 bits per heavy atom. The standard InChI is InChI=1S/C18H21BrN2/c1-3-4-12-20-17-11-7-10-16(19)18(17)21-13-15-9-6-5-8-14(15)2/h5-11,13,20H,3-4,12H2,1-2H3/b21-13+. The van der Waals surface area contributed by atoms with Crippen LogP contribution in [0.15, 0.2) is 51.9 Å². The molecule has 110 valence electrons. The molecule has 0 saturated heterocycles. The SMILES string of the molecule is CCCCNc1cccc(Br)c1/N=C/c1ccccc1C. The molecule has 0 bridgehead atoms. The maximum Gasteiger partial charge on any atom is 0.100 e. The van der Waals surface area contributed by atoms with E-state index in [0.29, 0.717) is 0 Å². The number of aliphatic imine (C=N–C) groups is 1. The molecule has 0 heterocycles. The van der Waals surface area contributed by atoms with Crippen LogP contribution in [0.3, 0.4) is 0 Å². The molecule has 0 aromatic heterocycles. The monoisotopic (exact) mass is 344 g/mol. The van der Waals surface area contributed by atoms with E-state index in [2.05, 4.69) is 58.3 Å². The predicted octanol–water partition coefficient (Wildman–Crippen LogP) is 5.72. The molecule has 2 rings (SSSR count). The first-order chi connectivity index (χ1) is 10.2. The average Bonchev–Trinajstić information content (AvgIpc) is 2.48. The molecule has 0 aliphatic rings. The van der Waals surface area contributed by atoms with E-state index in [4.69, 9.17) is 0 Å². The summed E-state index contributed by atoms with van der Waals surface area (Å²) in [6.07, 6.45) is 4.27. The van der Waals surface area contributed by atoms with Gasteiger partial charge in [0, 0.05) is 17.2 Å². The minimum atomic E-state index is 0.955. The molecule has 0 aliphatic heterocycles. The number of anilines is 1. The number of unbranched alkanes of at least 4 members (excludes halogenated alkanes) is 1. The maximum atomic E-state index is 4.68. The van der Waals surface area contributed by atoms with Gasteiger partial charge in [0.25, 0.3) is 0 Å². The van der Waals surface area contributed by atoms with Gasteiger partial charge in [0.15, 0.2) is 0 Å². The Kier molecular flexibility index (Phi) is 6.00. The molecule has 0 fully saturated rings. The largest absolute Gasteiger partial charge is 0.383 e. The predicted molar refractivity (Wildman–Crippen MR) is 96.0 cm³/mol. The normalized spacial score (nSPS) is 11.0. The highest BCUT2D eigenvalue weighted by atomic mass is 79.9. The lowest BCUT2D eigenvalue weighted by Gasteiger charge is -2.10. The summed E-state index contributed by atoms with van der Waals surface area (Å²) in [7, 11) is 0. The molecular weight excluding hydrogens is 324 g/mol. The van der Waals surface area contributed by atoms with Gasteiger partial charge < -0.3 is 5.32 Å². The fourth-order valence-corrected chi connectivity index (χ4v) is 2.52. The Balaban J connectivity index is 2.24. The van der Waals surface area contributed by atoms with E-state index in [1.165, 1.54) is 12.0 Å². The number of nitrogens with zero attached hydrogens (tertiary/aromatic N) is 1. The van der Waals surface area contributed by atoms with E-state index in [-0.39, 0.29) is 0 Å². The fraction of sp³-hybridized carbons (Fsp3) is 0.278. The second-order valence-electron chi connectivity index (χ2n) is 5.03. The third-order valence-corrected chi connectivity index (χ3v) is 3.99. The van der Waals surface area contributed by atoms with E-state index < -0.39 is 0 Å². The van der Waals surface area contributed by atoms with Crippen LogP contribution in [0.25, 0.3) is 0 Å². The van der Waals surface area contributed by atoms with Gasteiger partial charge in [-0.1, -0.05) is 43.7 Å². The highest BCUT2D eigenvalue weighted by Crippen LogP contribution is 2.33. The van der Waals surface area contributed by atoms with Gasteiger partial charge in [-0.2, -0.15) is 0 Å². The second-order valence-corrected chi connectivity index (χ2v) is 5.89. The van der Waals surface area contributed by atoms with Crippen molar-refractivity contribution in [2.45, 2.75) is 26.7 Å². The number of aryl methyl sites for hydroxylation is 1. The Morgan fingerprint density at radius 3 is 2.71 bits per heavy atom. The third-order valence-electron chi connectivity index (χ3n) is 3.35. The van der Waals surface area contributed by atoms with Crippen LogP contribution in [0, 0.1) is 6.92 Å². The maximum absolute atomic E-state index is 4.68. The van der Waals surface area contributed by atoms with Crippen LogP contribution in [-0.2, 0) is 0 Å². The highest BCUT2D eigenvalue weighted by molar-refractivity contribution is 9.10. The molecule has 3 heteroatoms. The lowest BCUT2D eigenvalue weighted by Crippen LogP contribution is -2.01. The van der Waals surface area contributed by atoms with Gasteiger partial charge in [-0.25, -0.2) is 0 Å². The minimum absolute atomic E-state index is 0.955. The van der Waals surface area contributed by atoms with Crippen molar-refractivity contribution in [3.05, 3.63) is 58.1 Å². The van der Waals surface area contributed by atoms with E-state index in [1.54, 1.807) is 0 Å². The lowest BCUT2D eigenvalue weighted by molar-refractivity contribution is 0.834. The van der Waals surface area contributed by atoms with Crippen molar-refractivity contribution in [3.8, 4) is 0 Å². The molecule has 0 unspecified atom stereocenters. The Bertz CT molecular complexity index is 620. The minimum Gasteiger partial charge on any atom is -0.383 e. The second kappa shape index (κ2) is 7.99. The molecule has 0 radical (unpaired) electrons. The van der Waals surface area contributed by atoms with Crippen molar-refractivity contribution in [2.24, 2.45) is 4.99 Å². The van der Waals surface area contributed by atoms with Crippen molar-refractivity contribution in [3.63, 3.8) is 0 Å². The Labute approximate surface area is 135 Å². The number of para-hydroxylation sites is 1. The quantitative estimate of drug-likeness (QED) is 0.525. The summed E-state index contributed by atoms with van der Waals surface area (Å²) in [6, 6.07) is 14.4. The van der Waals surface area contributed by atoms with Crippen LogP contribution in [0.1, 0.15) is 30.9 Å². The molecule has 0 atom stereocenters. The van der Waals surface area contributed by atoms with Gasteiger partial charge in [-0.3, -0.25) is 4.99 Å². The van der Waals surface area contributed by atoms with Gasteiger partial charge in [0.1, 0.15) is 5.69 Å². The van der Waals surface area contributed by atoms with Crippen LogP contribution >= 0.6 is 15.9 Å². The van der Waals surface area contributed by atoms with Crippen molar-refractivity contribution >= 4 is 33.5 Å². The topological polar surface area (TPSA) is 24.4 Å². The molecule has 2 aromatic rings. The Hall–Kier alpha value is -1.61. The van der Waals surface area contributed by atoms with Crippen molar-refractivity contribution in [2.75, 3.05) is 11.9 Å². The summed E-state index contributed by atoms with van der Waals surface area (Å²) in [4.78, 5) is 4.68. The molecule has 0 saturated carbocycles. The van der Waals surface area contributed by atoms with Crippen LogP contribution in [0.4, 0.5) is 11.4 Å². The zero-order chi connectivity index (χ0) is 15.1. The molecule has 0 amide bonds. The first-order valence-corrected chi connectivity index (χ1v) is 8.13. The first kappa shape index (κ1) is 15.8. The van der Waals surface area contributed by atoms with E-state index in [0.717, 1.165) is 34.4 Å².